The maximum Gasteiger partial charge on any atom is 0.141 e. The van der Waals surface area contributed by atoms with E-state index in [1.54, 1.807) is 0 Å². The maximum atomic E-state index is 13.0. The Hall–Kier alpha value is -0.700. The van der Waals surface area contributed by atoms with Crippen LogP contribution in [0, 0.1) is 46.3 Å². The molecule has 172 valence electrons. The van der Waals surface area contributed by atoms with Gasteiger partial charge in [-0.2, -0.15) is 0 Å². The molecule has 0 bridgehead atoms. The van der Waals surface area contributed by atoms with Crippen molar-refractivity contribution in [3.8, 4) is 0 Å². The van der Waals surface area contributed by atoms with Crippen molar-refractivity contribution >= 4 is 12.1 Å². The standard InChI is InChI=1S/C27H46O3/c1-18(2)7-6-8-19(3)22-9-10-23-21(13-16-28)24(12-15-26(22,23)4)27(5)14-11-20(29)17-25(27)30/h16,18-24,29H,6-15,17H2,1-5H3/t19?,20-,21?,22?,23?,24?,26+,27+/m0/s1. The summed E-state index contributed by atoms with van der Waals surface area (Å²) in [7, 11) is 0. The molecular weight excluding hydrogens is 372 g/mol. The van der Waals surface area contributed by atoms with E-state index in [1.165, 1.54) is 38.5 Å². The predicted octanol–water partition coefficient (Wildman–Crippen LogP) is 6.22. The molecule has 0 saturated heterocycles. The number of fused-ring (bicyclic) bond motifs is 1. The monoisotopic (exact) mass is 418 g/mol. The molecule has 3 nitrogen and oxygen atoms in total. The van der Waals surface area contributed by atoms with Crippen molar-refractivity contribution < 1.29 is 14.7 Å². The average Bonchev–Trinajstić information content (AvgIpc) is 3.02. The van der Waals surface area contributed by atoms with E-state index in [2.05, 4.69) is 34.6 Å². The molecule has 0 aliphatic heterocycles. The molecule has 3 fully saturated rings. The smallest absolute Gasteiger partial charge is 0.141 e. The highest BCUT2D eigenvalue weighted by Crippen LogP contribution is 2.64. The molecule has 3 rings (SSSR count). The second-order valence-corrected chi connectivity index (χ2v) is 12.0. The largest absolute Gasteiger partial charge is 0.393 e. The molecule has 0 amide bonds. The zero-order chi connectivity index (χ0) is 22.1. The minimum absolute atomic E-state index is 0.238. The van der Waals surface area contributed by atoms with Crippen molar-refractivity contribution in [1.29, 1.82) is 0 Å². The Balaban J connectivity index is 1.77. The van der Waals surface area contributed by atoms with Gasteiger partial charge in [0.25, 0.3) is 0 Å². The summed E-state index contributed by atoms with van der Waals surface area (Å²) in [5.74, 6) is 3.71. The maximum absolute atomic E-state index is 13.0. The van der Waals surface area contributed by atoms with Crippen molar-refractivity contribution in [2.24, 2.45) is 46.3 Å². The summed E-state index contributed by atoms with van der Waals surface area (Å²) in [6.45, 7) is 11.8. The molecule has 0 aromatic rings. The van der Waals surface area contributed by atoms with Gasteiger partial charge in [-0.3, -0.25) is 4.79 Å². The van der Waals surface area contributed by atoms with Gasteiger partial charge in [0.2, 0.25) is 0 Å². The lowest BCUT2D eigenvalue weighted by atomic mass is 9.49. The predicted molar refractivity (Wildman–Crippen MR) is 122 cm³/mol. The van der Waals surface area contributed by atoms with Gasteiger partial charge in [-0.05, 0) is 79.4 Å². The summed E-state index contributed by atoms with van der Waals surface area (Å²) in [5.41, 5.74) is -0.0375. The van der Waals surface area contributed by atoms with Crippen molar-refractivity contribution in [3.63, 3.8) is 0 Å². The van der Waals surface area contributed by atoms with Gasteiger partial charge < -0.3 is 9.90 Å². The van der Waals surface area contributed by atoms with Crippen LogP contribution in [0.5, 0.6) is 0 Å². The number of aldehydes is 1. The molecule has 3 heteroatoms. The zero-order valence-corrected chi connectivity index (χ0v) is 20.2. The number of aliphatic hydroxyl groups is 1. The Bertz CT molecular complexity index is 613. The summed E-state index contributed by atoms with van der Waals surface area (Å²) in [6, 6.07) is 0. The number of Topliss-reactive ketones (excluding diaryl/α,β-unsaturated/α-hetero) is 1. The van der Waals surface area contributed by atoms with Gasteiger partial charge in [0, 0.05) is 18.3 Å². The molecule has 0 spiro atoms. The van der Waals surface area contributed by atoms with Gasteiger partial charge in [-0.1, -0.05) is 53.9 Å². The molecule has 3 aliphatic rings. The van der Waals surface area contributed by atoms with Crippen LogP contribution in [0.3, 0.4) is 0 Å². The number of aliphatic hydroxyl groups excluding tert-OH is 1. The first-order valence-electron chi connectivity index (χ1n) is 12.8. The molecule has 0 heterocycles. The fourth-order valence-electron chi connectivity index (χ4n) is 8.09. The molecule has 0 aromatic carbocycles. The summed E-state index contributed by atoms with van der Waals surface area (Å²) in [4.78, 5) is 24.8. The van der Waals surface area contributed by atoms with E-state index in [-0.39, 0.29) is 11.2 Å². The Morgan fingerprint density at radius 2 is 1.77 bits per heavy atom. The second-order valence-electron chi connectivity index (χ2n) is 12.0. The van der Waals surface area contributed by atoms with Crippen molar-refractivity contribution in [1.82, 2.24) is 0 Å². The van der Waals surface area contributed by atoms with Crippen LogP contribution in [0.1, 0.15) is 105 Å². The van der Waals surface area contributed by atoms with Gasteiger partial charge in [-0.15, -0.1) is 0 Å². The van der Waals surface area contributed by atoms with Crippen LogP contribution >= 0.6 is 0 Å². The first-order chi connectivity index (χ1) is 14.1. The van der Waals surface area contributed by atoms with Gasteiger partial charge >= 0.3 is 0 Å². The van der Waals surface area contributed by atoms with E-state index in [4.69, 9.17) is 0 Å². The second kappa shape index (κ2) is 9.43. The van der Waals surface area contributed by atoms with E-state index < -0.39 is 6.10 Å². The molecule has 3 saturated carbocycles. The minimum Gasteiger partial charge on any atom is -0.393 e. The van der Waals surface area contributed by atoms with Crippen LogP contribution in [-0.2, 0) is 9.59 Å². The summed E-state index contributed by atoms with van der Waals surface area (Å²) < 4.78 is 0. The quantitative estimate of drug-likeness (QED) is 0.476. The average molecular weight is 419 g/mol. The highest BCUT2D eigenvalue weighted by atomic mass is 16.3. The first kappa shape index (κ1) is 24.0. The Kier molecular flexibility index (Phi) is 7.53. The van der Waals surface area contributed by atoms with E-state index in [9.17, 15) is 14.7 Å². The molecule has 0 aromatic heterocycles. The summed E-state index contributed by atoms with van der Waals surface area (Å²) in [6.07, 6.45) is 11.8. The molecule has 5 unspecified atom stereocenters. The van der Waals surface area contributed by atoms with Crippen LogP contribution < -0.4 is 0 Å². The van der Waals surface area contributed by atoms with Crippen LogP contribution in [0.2, 0.25) is 0 Å². The highest BCUT2D eigenvalue weighted by molar-refractivity contribution is 5.86. The molecular formula is C27H46O3. The van der Waals surface area contributed by atoms with Crippen molar-refractivity contribution in [2.45, 2.75) is 111 Å². The third-order valence-corrected chi connectivity index (χ3v) is 9.88. The number of ketones is 1. The minimum atomic E-state index is -0.466. The molecule has 0 radical (unpaired) electrons. The number of carbonyl (C=O) groups excluding carboxylic acids is 2. The Morgan fingerprint density at radius 1 is 1.03 bits per heavy atom. The van der Waals surface area contributed by atoms with E-state index in [0.717, 1.165) is 43.3 Å². The van der Waals surface area contributed by atoms with E-state index in [0.29, 0.717) is 36.0 Å². The molecule has 1 N–H and O–H groups in total. The number of rotatable bonds is 8. The number of carbonyl (C=O) groups is 2. The fourth-order valence-corrected chi connectivity index (χ4v) is 8.09. The van der Waals surface area contributed by atoms with Crippen molar-refractivity contribution in [3.05, 3.63) is 0 Å². The summed E-state index contributed by atoms with van der Waals surface area (Å²) >= 11 is 0. The van der Waals surface area contributed by atoms with E-state index in [1.807, 2.05) is 0 Å². The van der Waals surface area contributed by atoms with Gasteiger partial charge in [0.15, 0.2) is 0 Å². The highest BCUT2D eigenvalue weighted by Gasteiger charge is 2.58. The number of hydrogen-bond donors (Lipinski definition) is 1. The molecule has 30 heavy (non-hydrogen) atoms. The number of hydrogen-bond acceptors (Lipinski definition) is 3. The van der Waals surface area contributed by atoms with Gasteiger partial charge in [-0.25, -0.2) is 0 Å². The lowest BCUT2D eigenvalue weighted by Crippen LogP contribution is -2.51. The normalized spacial score (nSPS) is 42.9. The zero-order valence-electron chi connectivity index (χ0n) is 20.2. The van der Waals surface area contributed by atoms with E-state index >= 15 is 0 Å². The van der Waals surface area contributed by atoms with Crippen molar-refractivity contribution in [2.75, 3.05) is 0 Å². The molecule has 8 atom stereocenters. The SMILES string of the molecule is CC(C)CCCC(C)C1CCC2C(CC=O)C([C@@]3(C)CC[C@H](O)CC3=O)CC[C@]12C. The van der Waals surface area contributed by atoms with Crippen LogP contribution in [0.15, 0.2) is 0 Å². The van der Waals surface area contributed by atoms with Crippen LogP contribution in [0.25, 0.3) is 0 Å². The third kappa shape index (κ3) is 4.43. The van der Waals surface area contributed by atoms with Crippen LogP contribution in [0.4, 0.5) is 0 Å². The topological polar surface area (TPSA) is 54.4 Å². The van der Waals surface area contributed by atoms with Gasteiger partial charge in [0.1, 0.15) is 12.1 Å². The molecule has 3 aliphatic carbocycles. The fraction of sp³-hybridized carbons (Fsp3) is 0.926. The summed E-state index contributed by atoms with van der Waals surface area (Å²) in [5, 5.41) is 9.99. The first-order valence-corrected chi connectivity index (χ1v) is 12.8. The lowest BCUT2D eigenvalue weighted by molar-refractivity contribution is -0.146. The Morgan fingerprint density at radius 3 is 2.40 bits per heavy atom. The van der Waals surface area contributed by atoms with Crippen LogP contribution in [-0.4, -0.2) is 23.3 Å². The van der Waals surface area contributed by atoms with Gasteiger partial charge in [0.05, 0.1) is 6.10 Å². The lowest BCUT2D eigenvalue weighted by Gasteiger charge is -2.54. The third-order valence-electron chi connectivity index (χ3n) is 9.88. The Labute approximate surface area is 184 Å².